The minimum atomic E-state index is -0.659. The number of amides is 1. The standard InChI is InChI=1S/C16H14N2O2/c17-16(7-8-16)15(19)18-10-5-6-14-12(9-10)11-3-1-2-4-13(11)20-14/h1-6,9H,7-8,17H2,(H,18,19). The van der Waals surface area contributed by atoms with Gasteiger partial charge in [-0.15, -0.1) is 0 Å². The first-order valence-corrected chi connectivity index (χ1v) is 6.67. The summed E-state index contributed by atoms with van der Waals surface area (Å²) in [6.07, 6.45) is 1.52. The summed E-state index contributed by atoms with van der Waals surface area (Å²) in [5.41, 5.74) is 7.65. The molecule has 2 aromatic carbocycles. The van der Waals surface area contributed by atoms with Gasteiger partial charge in [-0.2, -0.15) is 0 Å². The normalized spacial score (nSPS) is 16.4. The van der Waals surface area contributed by atoms with Crippen LogP contribution in [0.25, 0.3) is 21.9 Å². The van der Waals surface area contributed by atoms with Crippen LogP contribution in [0.5, 0.6) is 0 Å². The van der Waals surface area contributed by atoms with Gasteiger partial charge in [0.2, 0.25) is 5.91 Å². The fourth-order valence-corrected chi connectivity index (χ4v) is 2.42. The lowest BCUT2D eigenvalue weighted by atomic mass is 10.1. The third-order valence-corrected chi connectivity index (χ3v) is 3.88. The maximum absolute atomic E-state index is 12.0. The Labute approximate surface area is 115 Å². The number of nitrogens with one attached hydrogen (secondary N) is 1. The molecule has 1 aromatic heterocycles. The summed E-state index contributed by atoms with van der Waals surface area (Å²) < 4.78 is 5.75. The molecule has 1 aliphatic carbocycles. The van der Waals surface area contributed by atoms with Crippen LogP contribution in [0.2, 0.25) is 0 Å². The number of furan rings is 1. The molecule has 1 aliphatic rings. The van der Waals surface area contributed by atoms with E-state index >= 15 is 0 Å². The monoisotopic (exact) mass is 266 g/mol. The molecule has 0 spiro atoms. The van der Waals surface area contributed by atoms with E-state index in [-0.39, 0.29) is 5.91 Å². The fraction of sp³-hybridized carbons (Fsp3) is 0.188. The molecule has 4 heteroatoms. The first kappa shape index (κ1) is 11.5. The second-order valence-electron chi connectivity index (χ2n) is 5.42. The van der Waals surface area contributed by atoms with Crippen molar-refractivity contribution in [3.05, 3.63) is 42.5 Å². The van der Waals surface area contributed by atoms with E-state index < -0.39 is 5.54 Å². The van der Waals surface area contributed by atoms with Crippen molar-refractivity contribution in [3.8, 4) is 0 Å². The highest BCUT2D eigenvalue weighted by atomic mass is 16.3. The molecular formula is C16H14N2O2. The van der Waals surface area contributed by atoms with Crippen molar-refractivity contribution >= 4 is 33.5 Å². The van der Waals surface area contributed by atoms with Crippen LogP contribution in [0.1, 0.15) is 12.8 Å². The molecule has 4 rings (SSSR count). The van der Waals surface area contributed by atoms with Crippen LogP contribution in [-0.4, -0.2) is 11.4 Å². The van der Waals surface area contributed by atoms with Crippen molar-refractivity contribution in [2.45, 2.75) is 18.4 Å². The Bertz CT molecular complexity index is 831. The number of nitrogens with two attached hydrogens (primary N) is 1. The average molecular weight is 266 g/mol. The number of hydrogen-bond donors (Lipinski definition) is 2. The molecule has 20 heavy (non-hydrogen) atoms. The summed E-state index contributed by atoms with van der Waals surface area (Å²) in [4.78, 5) is 12.0. The lowest BCUT2D eigenvalue weighted by Gasteiger charge is -2.09. The molecule has 1 fully saturated rings. The van der Waals surface area contributed by atoms with Gasteiger partial charge in [-0.25, -0.2) is 0 Å². The van der Waals surface area contributed by atoms with E-state index in [0.717, 1.165) is 40.5 Å². The SMILES string of the molecule is NC1(C(=O)Nc2ccc3oc4ccccc4c3c2)CC1. The maximum Gasteiger partial charge on any atom is 0.244 e. The Morgan fingerprint density at radius 3 is 2.65 bits per heavy atom. The van der Waals surface area contributed by atoms with Gasteiger partial charge in [-0.1, -0.05) is 18.2 Å². The van der Waals surface area contributed by atoms with E-state index in [0.29, 0.717) is 0 Å². The van der Waals surface area contributed by atoms with Crippen molar-refractivity contribution < 1.29 is 9.21 Å². The minimum absolute atomic E-state index is 0.107. The molecule has 0 saturated heterocycles. The van der Waals surface area contributed by atoms with Crippen LogP contribution in [0.4, 0.5) is 5.69 Å². The third-order valence-electron chi connectivity index (χ3n) is 3.88. The Morgan fingerprint density at radius 1 is 1.10 bits per heavy atom. The molecule has 0 atom stereocenters. The minimum Gasteiger partial charge on any atom is -0.456 e. The second-order valence-corrected chi connectivity index (χ2v) is 5.42. The Morgan fingerprint density at radius 2 is 1.85 bits per heavy atom. The third kappa shape index (κ3) is 1.69. The molecule has 0 radical (unpaired) electrons. The van der Waals surface area contributed by atoms with Crippen molar-refractivity contribution in [1.82, 2.24) is 0 Å². The smallest absolute Gasteiger partial charge is 0.244 e. The predicted octanol–water partition coefficient (Wildman–Crippen LogP) is 3.02. The van der Waals surface area contributed by atoms with Gasteiger partial charge < -0.3 is 15.5 Å². The number of rotatable bonds is 2. The number of hydrogen-bond acceptors (Lipinski definition) is 3. The first-order valence-electron chi connectivity index (χ1n) is 6.67. The van der Waals surface area contributed by atoms with Gasteiger partial charge in [-0.3, -0.25) is 4.79 Å². The summed E-state index contributed by atoms with van der Waals surface area (Å²) >= 11 is 0. The van der Waals surface area contributed by atoms with Crippen molar-refractivity contribution in [1.29, 1.82) is 0 Å². The molecule has 3 aromatic rings. The van der Waals surface area contributed by atoms with Crippen LogP contribution in [0.3, 0.4) is 0 Å². The van der Waals surface area contributed by atoms with E-state index in [9.17, 15) is 4.79 Å². The molecule has 1 amide bonds. The van der Waals surface area contributed by atoms with Crippen molar-refractivity contribution in [3.63, 3.8) is 0 Å². The van der Waals surface area contributed by atoms with Crippen LogP contribution in [-0.2, 0) is 4.79 Å². The van der Waals surface area contributed by atoms with Gasteiger partial charge in [0.15, 0.2) is 0 Å². The van der Waals surface area contributed by atoms with Crippen LogP contribution in [0.15, 0.2) is 46.9 Å². The summed E-state index contributed by atoms with van der Waals surface area (Å²) in [6, 6.07) is 13.5. The molecule has 3 N–H and O–H groups in total. The number of para-hydroxylation sites is 1. The zero-order valence-corrected chi connectivity index (χ0v) is 10.8. The molecule has 4 nitrogen and oxygen atoms in total. The summed E-state index contributed by atoms with van der Waals surface area (Å²) in [5, 5.41) is 4.93. The van der Waals surface area contributed by atoms with Gasteiger partial charge in [0.05, 0.1) is 5.54 Å². The Hall–Kier alpha value is -2.33. The van der Waals surface area contributed by atoms with Crippen LogP contribution < -0.4 is 11.1 Å². The molecule has 0 aliphatic heterocycles. The van der Waals surface area contributed by atoms with Crippen molar-refractivity contribution in [2.24, 2.45) is 5.73 Å². The van der Waals surface area contributed by atoms with Gasteiger partial charge in [0.25, 0.3) is 0 Å². The number of anilines is 1. The molecule has 100 valence electrons. The van der Waals surface area contributed by atoms with Crippen LogP contribution in [0, 0.1) is 0 Å². The number of benzene rings is 2. The van der Waals surface area contributed by atoms with Crippen LogP contribution >= 0.6 is 0 Å². The largest absolute Gasteiger partial charge is 0.456 e. The predicted molar refractivity (Wildman–Crippen MR) is 78.5 cm³/mol. The zero-order chi connectivity index (χ0) is 13.7. The average Bonchev–Trinajstić information content (AvgIpc) is 3.10. The Kier molecular flexibility index (Phi) is 2.20. The highest BCUT2D eigenvalue weighted by Gasteiger charge is 2.45. The number of fused-ring (bicyclic) bond motifs is 3. The van der Waals surface area contributed by atoms with Gasteiger partial charge >= 0.3 is 0 Å². The number of carbonyl (C=O) groups excluding carboxylic acids is 1. The van der Waals surface area contributed by atoms with Crippen molar-refractivity contribution in [2.75, 3.05) is 5.32 Å². The highest BCUT2D eigenvalue weighted by Crippen LogP contribution is 2.34. The molecule has 1 saturated carbocycles. The second kappa shape index (κ2) is 3.84. The highest BCUT2D eigenvalue weighted by molar-refractivity contribution is 6.07. The van der Waals surface area contributed by atoms with Gasteiger partial charge in [-0.05, 0) is 37.1 Å². The number of carbonyl (C=O) groups is 1. The molecular weight excluding hydrogens is 252 g/mol. The summed E-state index contributed by atoms with van der Waals surface area (Å²) in [7, 11) is 0. The summed E-state index contributed by atoms with van der Waals surface area (Å²) in [6.45, 7) is 0. The fourth-order valence-electron chi connectivity index (χ4n) is 2.42. The zero-order valence-electron chi connectivity index (χ0n) is 10.8. The Balaban J connectivity index is 1.77. The lowest BCUT2D eigenvalue weighted by molar-refractivity contribution is -0.118. The van der Waals surface area contributed by atoms with E-state index in [2.05, 4.69) is 5.32 Å². The van der Waals surface area contributed by atoms with Gasteiger partial charge in [0, 0.05) is 16.5 Å². The summed E-state index contributed by atoms with van der Waals surface area (Å²) in [5.74, 6) is -0.107. The molecule has 1 heterocycles. The first-order chi connectivity index (χ1) is 9.66. The lowest BCUT2D eigenvalue weighted by Crippen LogP contribution is -2.37. The van der Waals surface area contributed by atoms with Gasteiger partial charge in [0.1, 0.15) is 11.2 Å². The molecule has 0 bridgehead atoms. The van der Waals surface area contributed by atoms with E-state index in [1.807, 2.05) is 42.5 Å². The quantitative estimate of drug-likeness (QED) is 0.749. The maximum atomic E-state index is 12.0. The molecule has 0 unspecified atom stereocenters. The van der Waals surface area contributed by atoms with E-state index in [1.165, 1.54) is 0 Å². The topological polar surface area (TPSA) is 68.3 Å². The van der Waals surface area contributed by atoms with E-state index in [1.54, 1.807) is 0 Å². The van der Waals surface area contributed by atoms with E-state index in [4.69, 9.17) is 10.2 Å².